The second kappa shape index (κ2) is 5.86. The third-order valence-corrected chi connectivity index (χ3v) is 4.91. The summed E-state index contributed by atoms with van der Waals surface area (Å²) in [6.45, 7) is 6.12. The third kappa shape index (κ3) is 2.71. The Balaban J connectivity index is 2.30. The van der Waals surface area contributed by atoms with Gasteiger partial charge in [-0.05, 0) is 38.5 Å². The zero-order chi connectivity index (χ0) is 16.6. The topological polar surface area (TPSA) is 62.7 Å². The van der Waals surface area contributed by atoms with Crippen LogP contribution in [0.1, 0.15) is 21.6 Å². The lowest BCUT2D eigenvalue weighted by Crippen LogP contribution is -2.02. The first-order valence-corrected chi connectivity index (χ1v) is 8.17. The van der Waals surface area contributed by atoms with Crippen LogP contribution in [0.15, 0.2) is 36.4 Å². The van der Waals surface area contributed by atoms with Crippen molar-refractivity contribution >= 4 is 17.2 Å². The summed E-state index contributed by atoms with van der Waals surface area (Å²) >= 11 is 1.67. The Hall–Kier alpha value is -2.64. The molecule has 3 rings (SSSR count). The third-order valence-electron chi connectivity index (χ3n) is 3.89. The predicted octanol–water partition coefficient (Wildman–Crippen LogP) is 4.86. The van der Waals surface area contributed by atoms with E-state index in [-0.39, 0.29) is 5.82 Å². The van der Waals surface area contributed by atoms with Gasteiger partial charge in [-0.2, -0.15) is 5.26 Å². The summed E-state index contributed by atoms with van der Waals surface area (Å²) < 4.78 is 0. The van der Waals surface area contributed by atoms with E-state index in [2.05, 4.69) is 43.1 Å². The van der Waals surface area contributed by atoms with Gasteiger partial charge in [0.1, 0.15) is 17.5 Å². The number of anilines is 1. The number of benzene rings is 1. The Kier molecular flexibility index (Phi) is 3.89. The number of nitriles is 1. The number of thiophene rings is 1. The van der Waals surface area contributed by atoms with Crippen LogP contribution in [0.5, 0.6) is 0 Å². The monoisotopic (exact) mass is 319 g/mol. The zero-order valence-corrected chi connectivity index (χ0v) is 14.2. The van der Waals surface area contributed by atoms with Gasteiger partial charge in [-0.25, -0.2) is 4.98 Å². The molecule has 4 heteroatoms. The maximum Gasteiger partial charge on any atom is 0.142 e. The molecule has 114 valence electrons. The van der Waals surface area contributed by atoms with Crippen LogP contribution in [0.25, 0.3) is 21.7 Å². The summed E-state index contributed by atoms with van der Waals surface area (Å²) in [5.41, 5.74) is 11.5. The van der Waals surface area contributed by atoms with Crippen molar-refractivity contribution in [3.05, 3.63) is 58.0 Å². The largest absolute Gasteiger partial charge is 0.383 e. The lowest BCUT2D eigenvalue weighted by atomic mass is 9.96. The molecular formula is C19H17N3S. The number of aromatic nitrogens is 1. The second-order valence-electron chi connectivity index (χ2n) is 5.61. The Labute approximate surface area is 140 Å². The number of hydrogen-bond donors (Lipinski definition) is 1. The molecule has 2 heterocycles. The molecule has 0 atom stereocenters. The molecule has 3 aromatic rings. The Morgan fingerprint density at radius 2 is 1.74 bits per heavy atom. The first kappa shape index (κ1) is 15.3. The molecule has 23 heavy (non-hydrogen) atoms. The maximum absolute atomic E-state index is 9.52. The number of hydrogen-bond acceptors (Lipinski definition) is 4. The fourth-order valence-corrected chi connectivity index (χ4v) is 3.65. The molecule has 0 bridgehead atoms. The second-order valence-corrected chi connectivity index (χ2v) is 6.90. The number of nitrogens with two attached hydrogens (primary N) is 1. The molecular weight excluding hydrogens is 302 g/mol. The van der Waals surface area contributed by atoms with Crippen LogP contribution >= 0.6 is 11.3 Å². The van der Waals surface area contributed by atoms with Crippen molar-refractivity contribution < 1.29 is 0 Å². The van der Waals surface area contributed by atoms with Gasteiger partial charge in [-0.15, -0.1) is 11.3 Å². The van der Waals surface area contributed by atoms with E-state index in [1.807, 2.05) is 25.1 Å². The molecule has 0 radical (unpaired) electrons. The lowest BCUT2D eigenvalue weighted by molar-refractivity contribution is 1.26. The molecule has 0 fully saturated rings. The lowest BCUT2D eigenvalue weighted by Gasteiger charge is -2.14. The molecule has 0 aliphatic rings. The summed E-state index contributed by atoms with van der Waals surface area (Å²) in [7, 11) is 0. The normalized spacial score (nSPS) is 10.5. The first-order valence-electron chi connectivity index (χ1n) is 7.35. The van der Waals surface area contributed by atoms with E-state index in [1.54, 1.807) is 11.3 Å². The van der Waals surface area contributed by atoms with Crippen molar-refractivity contribution in [2.75, 3.05) is 5.73 Å². The molecule has 0 amide bonds. The molecule has 2 N–H and O–H groups in total. The van der Waals surface area contributed by atoms with Crippen molar-refractivity contribution in [1.29, 1.82) is 5.26 Å². The molecule has 0 saturated carbocycles. The molecule has 0 spiro atoms. The molecule has 0 aliphatic carbocycles. The molecule has 3 nitrogen and oxygen atoms in total. The van der Waals surface area contributed by atoms with Crippen LogP contribution in [0.2, 0.25) is 0 Å². The molecule has 0 saturated heterocycles. The Morgan fingerprint density at radius 1 is 1.04 bits per heavy atom. The fraction of sp³-hybridized carbons (Fsp3) is 0.158. The minimum atomic E-state index is 0.287. The number of nitrogen functional groups attached to an aromatic ring is 1. The van der Waals surface area contributed by atoms with Gasteiger partial charge in [0.25, 0.3) is 0 Å². The van der Waals surface area contributed by atoms with Crippen molar-refractivity contribution in [2.24, 2.45) is 0 Å². The van der Waals surface area contributed by atoms with Gasteiger partial charge in [-0.3, -0.25) is 0 Å². The minimum Gasteiger partial charge on any atom is -0.383 e. The first-order chi connectivity index (χ1) is 11.0. The molecule has 2 aromatic heterocycles. The molecule has 1 aromatic carbocycles. The fourth-order valence-electron chi connectivity index (χ4n) is 2.68. The minimum absolute atomic E-state index is 0.287. The van der Waals surface area contributed by atoms with E-state index in [4.69, 9.17) is 5.73 Å². The summed E-state index contributed by atoms with van der Waals surface area (Å²) in [6.07, 6.45) is 0. The van der Waals surface area contributed by atoms with Gasteiger partial charge in [0, 0.05) is 20.9 Å². The van der Waals surface area contributed by atoms with E-state index in [1.165, 1.54) is 10.4 Å². The van der Waals surface area contributed by atoms with Gasteiger partial charge in [0.15, 0.2) is 0 Å². The summed E-state index contributed by atoms with van der Waals surface area (Å²) in [6, 6.07) is 14.5. The van der Waals surface area contributed by atoms with Crippen molar-refractivity contribution in [1.82, 2.24) is 4.98 Å². The number of rotatable bonds is 2. The van der Waals surface area contributed by atoms with E-state index in [0.717, 1.165) is 27.3 Å². The number of aryl methyl sites for hydroxylation is 2. The highest BCUT2D eigenvalue weighted by Crippen LogP contribution is 2.38. The smallest absolute Gasteiger partial charge is 0.142 e. The number of pyridine rings is 1. The highest BCUT2D eigenvalue weighted by atomic mass is 32.1. The SMILES string of the molecule is Cc1ccc(-c2nc(N)c(C#N)c(-c3ccc(C)s3)c2C)cc1. The predicted molar refractivity (Wildman–Crippen MR) is 96.3 cm³/mol. The highest BCUT2D eigenvalue weighted by molar-refractivity contribution is 7.15. The van der Waals surface area contributed by atoms with Gasteiger partial charge < -0.3 is 5.73 Å². The van der Waals surface area contributed by atoms with Crippen LogP contribution < -0.4 is 5.73 Å². The van der Waals surface area contributed by atoms with E-state index in [0.29, 0.717) is 5.56 Å². The van der Waals surface area contributed by atoms with Crippen LogP contribution in [0, 0.1) is 32.1 Å². The van der Waals surface area contributed by atoms with Crippen LogP contribution in [-0.2, 0) is 0 Å². The number of nitrogens with zero attached hydrogens (tertiary/aromatic N) is 2. The summed E-state index contributed by atoms with van der Waals surface area (Å²) in [4.78, 5) is 6.76. The quantitative estimate of drug-likeness (QED) is 0.734. The Bertz CT molecular complexity index is 915. The van der Waals surface area contributed by atoms with Crippen LogP contribution in [0.4, 0.5) is 5.82 Å². The van der Waals surface area contributed by atoms with Gasteiger partial charge in [0.2, 0.25) is 0 Å². The highest BCUT2D eigenvalue weighted by Gasteiger charge is 2.19. The Morgan fingerprint density at radius 3 is 2.30 bits per heavy atom. The standard InChI is InChI=1S/C19H17N3S/c1-11-4-7-14(8-5-11)18-13(3)17(15(10-20)19(21)22-18)16-9-6-12(2)23-16/h4-9H,1-3H3,(H2,21,22). The van der Waals surface area contributed by atoms with E-state index < -0.39 is 0 Å². The van der Waals surface area contributed by atoms with Crippen molar-refractivity contribution in [3.8, 4) is 27.8 Å². The van der Waals surface area contributed by atoms with Gasteiger partial charge >= 0.3 is 0 Å². The van der Waals surface area contributed by atoms with E-state index >= 15 is 0 Å². The van der Waals surface area contributed by atoms with Crippen LogP contribution in [0.3, 0.4) is 0 Å². The summed E-state index contributed by atoms with van der Waals surface area (Å²) in [5.74, 6) is 0.287. The zero-order valence-electron chi connectivity index (χ0n) is 13.3. The van der Waals surface area contributed by atoms with E-state index in [9.17, 15) is 5.26 Å². The average molecular weight is 319 g/mol. The van der Waals surface area contributed by atoms with Crippen LogP contribution in [-0.4, -0.2) is 4.98 Å². The molecule has 0 aliphatic heterocycles. The van der Waals surface area contributed by atoms with Crippen molar-refractivity contribution in [2.45, 2.75) is 20.8 Å². The molecule has 0 unspecified atom stereocenters. The maximum atomic E-state index is 9.52. The van der Waals surface area contributed by atoms with Gasteiger partial charge in [0.05, 0.1) is 5.69 Å². The van der Waals surface area contributed by atoms with Crippen molar-refractivity contribution in [3.63, 3.8) is 0 Å². The average Bonchev–Trinajstić information content (AvgIpc) is 2.95. The van der Waals surface area contributed by atoms with Gasteiger partial charge in [-0.1, -0.05) is 29.8 Å². The summed E-state index contributed by atoms with van der Waals surface area (Å²) in [5, 5.41) is 9.52.